The molecular formula is C16H28N4O. The number of aryl methyl sites for hydroxylation is 1. The number of aliphatic hydroxyl groups excluding tert-OH is 1. The van der Waals surface area contributed by atoms with E-state index in [0.29, 0.717) is 12.0 Å². The smallest absolute Gasteiger partial charge is 0.146 e. The Balaban J connectivity index is 1.70. The molecule has 1 aliphatic heterocycles. The molecule has 5 nitrogen and oxygen atoms in total. The first-order chi connectivity index (χ1) is 10.2. The zero-order chi connectivity index (χ0) is 14.8. The number of hydrogen-bond acceptors (Lipinski definition) is 4. The van der Waals surface area contributed by atoms with Crippen molar-refractivity contribution in [3.63, 3.8) is 0 Å². The first-order valence-electron chi connectivity index (χ1n) is 8.50. The maximum atomic E-state index is 10.4. The molecule has 2 fully saturated rings. The molecule has 1 saturated heterocycles. The Morgan fingerprint density at radius 3 is 2.57 bits per heavy atom. The van der Waals surface area contributed by atoms with Crippen LogP contribution in [0.15, 0.2) is 0 Å². The van der Waals surface area contributed by atoms with Gasteiger partial charge in [-0.1, -0.05) is 19.8 Å². The van der Waals surface area contributed by atoms with Crippen LogP contribution in [0.4, 0.5) is 0 Å². The van der Waals surface area contributed by atoms with E-state index in [-0.39, 0.29) is 6.10 Å². The van der Waals surface area contributed by atoms with Crippen LogP contribution >= 0.6 is 0 Å². The van der Waals surface area contributed by atoms with E-state index in [9.17, 15) is 5.11 Å². The molecule has 1 saturated carbocycles. The van der Waals surface area contributed by atoms with Crippen LogP contribution in [-0.2, 0) is 20.0 Å². The molecule has 1 aliphatic carbocycles. The molecule has 21 heavy (non-hydrogen) atoms. The fourth-order valence-electron chi connectivity index (χ4n) is 4.15. The van der Waals surface area contributed by atoms with E-state index in [1.807, 2.05) is 0 Å². The molecular weight excluding hydrogens is 264 g/mol. The molecule has 0 spiro atoms. The third kappa shape index (κ3) is 2.99. The molecule has 1 N–H and O–H groups in total. The number of rotatable bonds is 4. The van der Waals surface area contributed by atoms with Crippen LogP contribution in [0, 0.1) is 5.92 Å². The number of likely N-dealkylation sites (tertiary alicyclic amines) is 1. The van der Waals surface area contributed by atoms with Crippen molar-refractivity contribution in [2.24, 2.45) is 13.0 Å². The summed E-state index contributed by atoms with van der Waals surface area (Å²) in [6.45, 7) is 4.12. The molecule has 0 amide bonds. The van der Waals surface area contributed by atoms with Gasteiger partial charge in [0.25, 0.3) is 0 Å². The summed E-state index contributed by atoms with van der Waals surface area (Å²) in [5.41, 5.74) is 0. The van der Waals surface area contributed by atoms with Gasteiger partial charge in [-0.05, 0) is 32.2 Å². The van der Waals surface area contributed by atoms with Gasteiger partial charge in [-0.2, -0.15) is 0 Å². The Hall–Kier alpha value is -0.940. The van der Waals surface area contributed by atoms with Gasteiger partial charge in [0, 0.05) is 25.4 Å². The quantitative estimate of drug-likeness (QED) is 0.921. The van der Waals surface area contributed by atoms with E-state index in [4.69, 9.17) is 0 Å². The SMILES string of the molecule is CCc1nnc(CN2CCCC2C2CCCCC2O)n1C. The molecule has 3 unspecified atom stereocenters. The summed E-state index contributed by atoms with van der Waals surface area (Å²) in [5.74, 6) is 2.57. The largest absolute Gasteiger partial charge is 0.393 e. The summed E-state index contributed by atoms with van der Waals surface area (Å²) in [6.07, 6.45) is 7.92. The standard InChI is InChI=1S/C16H28N4O/c1-3-15-17-18-16(19(15)2)11-20-10-6-8-13(20)12-7-4-5-9-14(12)21/h12-14,21H,3-11H2,1-2H3. The summed E-state index contributed by atoms with van der Waals surface area (Å²) in [7, 11) is 2.06. The summed E-state index contributed by atoms with van der Waals surface area (Å²) < 4.78 is 2.13. The van der Waals surface area contributed by atoms with Gasteiger partial charge in [-0.25, -0.2) is 0 Å². The van der Waals surface area contributed by atoms with Crippen molar-refractivity contribution in [1.82, 2.24) is 19.7 Å². The van der Waals surface area contributed by atoms with Crippen molar-refractivity contribution in [2.45, 2.75) is 70.6 Å². The van der Waals surface area contributed by atoms with E-state index in [0.717, 1.165) is 37.6 Å². The Labute approximate surface area is 127 Å². The number of hydrogen-bond donors (Lipinski definition) is 1. The Morgan fingerprint density at radius 2 is 1.86 bits per heavy atom. The molecule has 5 heteroatoms. The highest BCUT2D eigenvalue weighted by Crippen LogP contribution is 2.35. The van der Waals surface area contributed by atoms with E-state index in [1.165, 1.54) is 32.1 Å². The molecule has 3 rings (SSSR count). The van der Waals surface area contributed by atoms with Gasteiger partial charge in [0.2, 0.25) is 0 Å². The van der Waals surface area contributed by atoms with Crippen LogP contribution in [0.25, 0.3) is 0 Å². The zero-order valence-corrected chi connectivity index (χ0v) is 13.3. The maximum absolute atomic E-state index is 10.4. The highest BCUT2D eigenvalue weighted by atomic mass is 16.3. The average molecular weight is 292 g/mol. The third-order valence-corrected chi connectivity index (χ3v) is 5.41. The van der Waals surface area contributed by atoms with Crippen LogP contribution in [-0.4, -0.2) is 43.5 Å². The Kier molecular flexibility index (Phi) is 4.60. The summed E-state index contributed by atoms with van der Waals surface area (Å²) >= 11 is 0. The summed E-state index contributed by atoms with van der Waals surface area (Å²) in [4.78, 5) is 2.53. The highest BCUT2D eigenvalue weighted by Gasteiger charge is 2.37. The van der Waals surface area contributed by atoms with E-state index >= 15 is 0 Å². The van der Waals surface area contributed by atoms with Crippen molar-refractivity contribution < 1.29 is 5.11 Å². The molecule has 0 radical (unpaired) electrons. The Morgan fingerprint density at radius 1 is 1.10 bits per heavy atom. The molecule has 0 bridgehead atoms. The monoisotopic (exact) mass is 292 g/mol. The molecule has 0 aromatic carbocycles. The summed E-state index contributed by atoms with van der Waals surface area (Å²) in [5, 5.41) is 19.0. The third-order valence-electron chi connectivity index (χ3n) is 5.41. The van der Waals surface area contributed by atoms with E-state index in [1.54, 1.807) is 0 Å². The van der Waals surface area contributed by atoms with Gasteiger partial charge < -0.3 is 9.67 Å². The number of aliphatic hydroxyl groups is 1. The lowest BCUT2D eigenvalue weighted by Crippen LogP contribution is -2.42. The average Bonchev–Trinajstić information content (AvgIpc) is 3.08. The molecule has 2 heterocycles. The second kappa shape index (κ2) is 6.44. The van der Waals surface area contributed by atoms with Crippen molar-refractivity contribution >= 4 is 0 Å². The van der Waals surface area contributed by atoms with Crippen molar-refractivity contribution in [1.29, 1.82) is 0 Å². The zero-order valence-electron chi connectivity index (χ0n) is 13.3. The van der Waals surface area contributed by atoms with E-state index < -0.39 is 0 Å². The minimum absolute atomic E-state index is 0.102. The van der Waals surface area contributed by atoms with Gasteiger partial charge in [-0.15, -0.1) is 10.2 Å². The normalized spacial score (nSPS) is 30.9. The number of nitrogens with zero attached hydrogens (tertiary/aromatic N) is 4. The summed E-state index contributed by atoms with van der Waals surface area (Å²) in [6, 6.07) is 0.530. The highest BCUT2D eigenvalue weighted by molar-refractivity contribution is 4.98. The predicted octanol–water partition coefficient (Wildman–Crippen LogP) is 1.89. The maximum Gasteiger partial charge on any atom is 0.146 e. The lowest BCUT2D eigenvalue weighted by Gasteiger charge is -2.37. The number of aromatic nitrogens is 3. The molecule has 1 aromatic rings. The van der Waals surface area contributed by atoms with Gasteiger partial charge >= 0.3 is 0 Å². The van der Waals surface area contributed by atoms with Crippen molar-refractivity contribution in [2.75, 3.05) is 6.54 Å². The van der Waals surface area contributed by atoms with Gasteiger partial charge in [0.05, 0.1) is 12.6 Å². The van der Waals surface area contributed by atoms with Crippen molar-refractivity contribution in [3.05, 3.63) is 11.6 Å². The predicted molar refractivity (Wildman–Crippen MR) is 81.8 cm³/mol. The lowest BCUT2D eigenvalue weighted by molar-refractivity contribution is 0.0193. The van der Waals surface area contributed by atoms with Crippen LogP contribution in [0.1, 0.15) is 57.1 Å². The fourth-order valence-corrected chi connectivity index (χ4v) is 4.15. The van der Waals surface area contributed by atoms with Gasteiger partial charge in [0.1, 0.15) is 11.6 Å². The molecule has 3 atom stereocenters. The minimum Gasteiger partial charge on any atom is -0.393 e. The van der Waals surface area contributed by atoms with Gasteiger partial charge in [0.15, 0.2) is 0 Å². The molecule has 1 aromatic heterocycles. The van der Waals surface area contributed by atoms with Gasteiger partial charge in [-0.3, -0.25) is 4.90 Å². The first-order valence-corrected chi connectivity index (χ1v) is 8.50. The van der Waals surface area contributed by atoms with Crippen LogP contribution in [0.3, 0.4) is 0 Å². The van der Waals surface area contributed by atoms with Crippen LogP contribution in [0.5, 0.6) is 0 Å². The van der Waals surface area contributed by atoms with Crippen LogP contribution in [0.2, 0.25) is 0 Å². The molecule has 2 aliphatic rings. The van der Waals surface area contributed by atoms with Crippen molar-refractivity contribution in [3.8, 4) is 0 Å². The second-order valence-corrected chi connectivity index (χ2v) is 6.64. The van der Waals surface area contributed by atoms with E-state index in [2.05, 4.69) is 33.6 Å². The first kappa shape index (κ1) is 15.0. The van der Waals surface area contributed by atoms with Crippen LogP contribution < -0.4 is 0 Å². The molecule has 118 valence electrons. The minimum atomic E-state index is -0.102. The topological polar surface area (TPSA) is 54.2 Å². The second-order valence-electron chi connectivity index (χ2n) is 6.64. The lowest BCUT2D eigenvalue weighted by atomic mass is 9.80. The Bertz CT molecular complexity index is 473. The fraction of sp³-hybridized carbons (Fsp3) is 0.875.